The molecule has 0 spiro atoms. The van der Waals surface area contributed by atoms with Crippen molar-refractivity contribution in [2.75, 3.05) is 46.6 Å². The SMILES string of the molecule is COC(=O)c1c[nH]c2ncc(-c3ccc(OCCN4CCOCC4)cc3)cc12. The predicted molar refractivity (Wildman–Crippen MR) is 106 cm³/mol. The minimum atomic E-state index is -0.380. The fourth-order valence-corrected chi connectivity index (χ4v) is 3.30. The Morgan fingerprint density at radius 2 is 2.00 bits per heavy atom. The third-order valence-electron chi connectivity index (χ3n) is 4.90. The highest BCUT2D eigenvalue weighted by Crippen LogP contribution is 2.26. The van der Waals surface area contributed by atoms with Gasteiger partial charge in [0.05, 0.1) is 25.9 Å². The predicted octanol–water partition coefficient (Wildman–Crippen LogP) is 2.73. The highest BCUT2D eigenvalue weighted by Gasteiger charge is 2.14. The number of nitrogens with one attached hydrogen (secondary N) is 1. The maximum absolute atomic E-state index is 11.9. The molecule has 3 aromatic rings. The van der Waals surface area contributed by atoms with Crippen molar-refractivity contribution in [1.82, 2.24) is 14.9 Å². The van der Waals surface area contributed by atoms with Crippen LogP contribution in [0, 0.1) is 0 Å². The quantitative estimate of drug-likeness (QED) is 0.662. The number of hydrogen-bond acceptors (Lipinski definition) is 6. The number of morpholine rings is 1. The van der Waals surface area contributed by atoms with E-state index in [0.717, 1.165) is 55.1 Å². The monoisotopic (exact) mass is 381 g/mol. The maximum atomic E-state index is 11.9. The number of H-pyrrole nitrogens is 1. The second-order valence-corrected chi connectivity index (χ2v) is 6.64. The molecule has 28 heavy (non-hydrogen) atoms. The van der Waals surface area contributed by atoms with E-state index in [1.165, 1.54) is 7.11 Å². The molecule has 7 nitrogen and oxygen atoms in total. The molecule has 1 N–H and O–H groups in total. The van der Waals surface area contributed by atoms with E-state index in [1.807, 2.05) is 30.3 Å². The number of hydrogen-bond donors (Lipinski definition) is 1. The normalized spacial score (nSPS) is 14.9. The Hall–Kier alpha value is -2.90. The summed E-state index contributed by atoms with van der Waals surface area (Å²) in [5.41, 5.74) is 3.08. The first-order chi connectivity index (χ1) is 13.7. The van der Waals surface area contributed by atoms with Gasteiger partial charge in [-0.15, -0.1) is 0 Å². The summed E-state index contributed by atoms with van der Waals surface area (Å²) in [4.78, 5) is 21.6. The molecule has 4 rings (SSSR count). The smallest absolute Gasteiger partial charge is 0.340 e. The van der Waals surface area contributed by atoms with Crippen molar-refractivity contribution in [3.63, 3.8) is 0 Å². The Kier molecular flexibility index (Phi) is 5.55. The summed E-state index contributed by atoms with van der Waals surface area (Å²) in [5.74, 6) is 0.456. The number of carbonyl (C=O) groups excluding carboxylic acids is 1. The Labute approximate surface area is 163 Å². The van der Waals surface area contributed by atoms with Gasteiger partial charge in [-0.3, -0.25) is 4.90 Å². The van der Waals surface area contributed by atoms with E-state index in [2.05, 4.69) is 14.9 Å². The summed E-state index contributed by atoms with van der Waals surface area (Å²) in [7, 11) is 1.37. The van der Waals surface area contributed by atoms with Gasteiger partial charge in [-0.2, -0.15) is 0 Å². The molecule has 1 aromatic carbocycles. The molecule has 2 aromatic heterocycles. The van der Waals surface area contributed by atoms with Gasteiger partial charge >= 0.3 is 5.97 Å². The molecule has 0 radical (unpaired) electrons. The van der Waals surface area contributed by atoms with Crippen LogP contribution in [0.15, 0.2) is 42.7 Å². The van der Waals surface area contributed by atoms with Gasteiger partial charge in [-0.05, 0) is 23.8 Å². The zero-order valence-corrected chi connectivity index (χ0v) is 15.8. The van der Waals surface area contributed by atoms with E-state index in [-0.39, 0.29) is 5.97 Å². The molecule has 0 atom stereocenters. The van der Waals surface area contributed by atoms with Gasteiger partial charge in [0.1, 0.15) is 18.0 Å². The van der Waals surface area contributed by atoms with Gasteiger partial charge in [0.25, 0.3) is 0 Å². The average Bonchev–Trinajstić information content (AvgIpc) is 3.18. The molecule has 1 saturated heterocycles. The highest BCUT2D eigenvalue weighted by atomic mass is 16.5. The first-order valence-corrected chi connectivity index (χ1v) is 9.33. The van der Waals surface area contributed by atoms with Crippen LogP contribution in [0.4, 0.5) is 0 Å². The van der Waals surface area contributed by atoms with E-state index >= 15 is 0 Å². The van der Waals surface area contributed by atoms with Crippen molar-refractivity contribution in [2.24, 2.45) is 0 Å². The lowest BCUT2D eigenvalue weighted by Crippen LogP contribution is -2.38. The largest absolute Gasteiger partial charge is 0.492 e. The molecule has 7 heteroatoms. The van der Waals surface area contributed by atoms with Crippen LogP contribution in [0.1, 0.15) is 10.4 Å². The van der Waals surface area contributed by atoms with Crippen LogP contribution < -0.4 is 4.74 Å². The summed E-state index contributed by atoms with van der Waals surface area (Å²) in [5, 5.41) is 0.746. The molecular formula is C21H23N3O4. The number of fused-ring (bicyclic) bond motifs is 1. The molecule has 0 unspecified atom stereocenters. The first kappa shape index (κ1) is 18.5. The minimum absolute atomic E-state index is 0.380. The molecule has 1 aliphatic rings. The molecule has 0 aliphatic carbocycles. The van der Waals surface area contributed by atoms with Crippen LogP contribution in [-0.2, 0) is 9.47 Å². The molecule has 1 fully saturated rings. The molecule has 146 valence electrons. The van der Waals surface area contributed by atoms with Crippen molar-refractivity contribution in [3.8, 4) is 16.9 Å². The second-order valence-electron chi connectivity index (χ2n) is 6.64. The third kappa shape index (κ3) is 4.00. The summed E-state index contributed by atoms with van der Waals surface area (Å²) in [6.45, 7) is 5.07. The van der Waals surface area contributed by atoms with E-state index in [4.69, 9.17) is 14.2 Å². The number of esters is 1. The fraction of sp³-hybridized carbons (Fsp3) is 0.333. The third-order valence-corrected chi connectivity index (χ3v) is 4.90. The highest BCUT2D eigenvalue weighted by molar-refractivity contribution is 6.04. The average molecular weight is 381 g/mol. The Balaban J connectivity index is 1.43. The van der Waals surface area contributed by atoms with Crippen molar-refractivity contribution in [3.05, 3.63) is 48.3 Å². The lowest BCUT2D eigenvalue weighted by atomic mass is 10.1. The van der Waals surface area contributed by atoms with Crippen LogP contribution in [0.25, 0.3) is 22.2 Å². The lowest BCUT2D eigenvalue weighted by Gasteiger charge is -2.26. The van der Waals surface area contributed by atoms with Gasteiger partial charge in [0.2, 0.25) is 0 Å². The zero-order chi connectivity index (χ0) is 19.3. The van der Waals surface area contributed by atoms with Gasteiger partial charge in [0, 0.05) is 43.0 Å². The number of aromatic nitrogens is 2. The van der Waals surface area contributed by atoms with Crippen LogP contribution in [0.5, 0.6) is 5.75 Å². The molecule has 0 bridgehead atoms. The van der Waals surface area contributed by atoms with Crippen molar-refractivity contribution in [2.45, 2.75) is 0 Å². The number of benzene rings is 1. The number of nitrogens with zero attached hydrogens (tertiary/aromatic N) is 2. The second kappa shape index (κ2) is 8.41. The fourth-order valence-electron chi connectivity index (χ4n) is 3.30. The summed E-state index contributed by atoms with van der Waals surface area (Å²) in [6.07, 6.45) is 3.41. The minimum Gasteiger partial charge on any atom is -0.492 e. The standard InChI is InChI=1S/C21H23N3O4/c1-26-21(25)19-14-23-20-18(19)12-16(13-22-20)15-2-4-17(5-3-15)28-11-8-24-6-9-27-10-7-24/h2-5,12-14H,6-11H2,1H3,(H,22,23). The van der Waals surface area contributed by atoms with Crippen LogP contribution in [0.2, 0.25) is 0 Å². The van der Waals surface area contributed by atoms with Crippen molar-refractivity contribution in [1.29, 1.82) is 0 Å². The first-order valence-electron chi connectivity index (χ1n) is 9.33. The molecule has 0 saturated carbocycles. The van der Waals surface area contributed by atoms with Crippen molar-refractivity contribution < 1.29 is 19.0 Å². The lowest BCUT2D eigenvalue weighted by molar-refractivity contribution is 0.0322. The summed E-state index contributed by atoms with van der Waals surface area (Å²) in [6, 6.07) is 9.85. The van der Waals surface area contributed by atoms with Gasteiger partial charge in [0.15, 0.2) is 0 Å². The van der Waals surface area contributed by atoms with Gasteiger partial charge < -0.3 is 19.2 Å². The summed E-state index contributed by atoms with van der Waals surface area (Å²) >= 11 is 0. The topological polar surface area (TPSA) is 76.7 Å². The molecular weight excluding hydrogens is 358 g/mol. The van der Waals surface area contributed by atoms with E-state index in [9.17, 15) is 4.79 Å². The number of ether oxygens (including phenoxy) is 3. The number of aromatic amines is 1. The molecule has 0 amide bonds. The Morgan fingerprint density at radius 3 is 2.75 bits per heavy atom. The van der Waals surface area contributed by atoms with Crippen molar-refractivity contribution >= 4 is 17.0 Å². The number of carbonyl (C=O) groups is 1. The molecule has 3 heterocycles. The number of methoxy groups -OCH3 is 1. The zero-order valence-electron chi connectivity index (χ0n) is 15.8. The number of rotatable bonds is 6. The van der Waals surface area contributed by atoms with Crippen LogP contribution >= 0.6 is 0 Å². The maximum Gasteiger partial charge on any atom is 0.340 e. The Bertz CT molecular complexity index is 946. The number of pyridine rings is 1. The Morgan fingerprint density at radius 1 is 1.21 bits per heavy atom. The van der Waals surface area contributed by atoms with Gasteiger partial charge in [-0.25, -0.2) is 9.78 Å². The van der Waals surface area contributed by atoms with E-state index in [0.29, 0.717) is 17.8 Å². The van der Waals surface area contributed by atoms with Gasteiger partial charge in [-0.1, -0.05) is 12.1 Å². The van der Waals surface area contributed by atoms with Crippen LogP contribution in [-0.4, -0.2) is 67.4 Å². The summed E-state index contributed by atoms with van der Waals surface area (Å²) < 4.78 is 16.0. The van der Waals surface area contributed by atoms with Crippen LogP contribution in [0.3, 0.4) is 0 Å². The van der Waals surface area contributed by atoms with E-state index < -0.39 is 0 Å². The molecule has 1 aliphatic heterocycles. The van der Waals surface area contributed by atoms with E-state index in [1.54, 1.807) is 12.4 Å².